The minimum Gasteiger partial charge on any atom is -0.420 e. The van der Waals surface area contributed by atoms with Crippen molar-refractivity contribution >= 4 is 6.09 Å². The molecule has 1 aliphatic heterocycles. The third-order valence-electron chi connectivity index (χ3n) is 1.39. The first-order valence-corrected chi connectivity index (χ1v) is 3.34. The molecule has 4 heteroatoms. The van der Waals surface area contributed by atoms with Crippen LogP contribution in [0.2, 0.25) is 0 Å². The molecule has 4 nitrogen and oxygen atoms in total. The predicted octanol–water partition coefficient (Wildman–Crippen LogP) is 0.167. The van der Waals surface area contributed by atoms with Crippen molar-refractivity contribution in [3.05, 3.63) is 0 Å². The Morgan fingerprint density at radius 3 is 2.60 bits per heavy atom. The maximum Gasteiger partial charge on any atom is 0.412 e. The Balaban J connectivity index is 2.20. The summed E-state index contributed by atoms with van der Waals surface area (Å²) in [6.45, 7) is 2.93. The summed E-state index contributed by atoms with van der Waals surface area (Å²) in [5.41, 5.74) is 0. The number of likely N-dealkylation sites (tertiary alicyclic amines) is 1. The van der Waals surface area contributed by atoms with Crippen molar-refractivity contribution in [1.29, 1.82) is 0 Å². The van der Waals surface area contributed by atoms with Gasteiger partial charge in [-0.2, -0.15) is 0 Å². The van der Waals surface area contributed by atoms with Gasteiger partial charge in [0.15, 0.2) is 6.29 Å². The summed E-state index contributed by atoms with van der Waals surface area (Å²) in [6, 6.07) is 0. The summed E-state index contributed by atoms with van der Waals surface area (Å²) >= 11 is 0. The van der Waals surface area contributed by atoms with Crippen LogP contribution in [0.15, 0.2) is 0 Å². The Morgan fingerprint density at radius 1 is 1.70 bits per heavy atom. The number of hydrogen-bond donors (Lipinski definition) is 1. The van der Waals surface area contributed by atoms with Crippen LogP contribution in [0.3, 0.4) is 0 Å². The number of aliphatic hydroxyl groups excluding tert-OH is 1. The number of hydrogen-bond acceptors (Lipinski definition) is 3. The van der Waals surface area contributed by atoms with E-state index in [1.54, 1.807) is 4.90 Å². The molecule has 0 aliphatic carbocycles. The number of amides is 1. The van der Waals surface area contributed by atoms with Gasteiger partial charge in [-0.05, 0) is 13.3 Å². The molecule has 0 spiro atoms. The zero-order chi connectivity index (χ0) is 7.56. The second-order valence-corrected chi connectivity index (χ2v) is 2.32. The molecule has 1 heterocycles. The van der Waals surface area contributed by atoms with Gasteiger partial charge in [0, 0.05) is 13.1 Å². The van der Waals surface area contributed by atoms with Crippen molar-refractivity contribution in [2.45, 2.75) is 19.6 Å². The molecule has 1 aliphatic rings. The van der Waals surface area contributed by atoms with E-state index in [1.807, 2.05) is 0 Å². The van der Waals surface area contributed by atoms with Gasteiger partial charge in [-0.1, -0.05) is 0 Å². The monoisotopic (exact) mass is 145 g/mol. The van der Waals surface area contributed by atoms with E-state index in [1.165, 1.54) is 6.92 Å². The van der Waals surface area contributed by atoms with E-state index in [2.05, 4.69) is 4.74 Å². The number of rotatable bonds is 1. The van der Waals surface area contributed by atoms with E-state index in [9.17, 15) is 4.79 Å². The van der Waals surface area contributed by atoms with E-state index in [-0.39, 0.29) is 0 Å². The molecule has 1 saturated heterocycles. The van der Waals surface area contributed by atoms with Crippen LogP contribution in [0.25, 0.3) is 0 Å². The van der Waals surface area contributed by atoms with Gasteiger partial charge in [0.2, 0.25) is 0 Å². The van der Waals surface area contributed by atoms with Gasteiger partial charge in [0.25, 0.3) is 0 Å². The van der Waals surface area contributed by atoms with E-state index in [0.717, 1.165) is 19.5 Å². The highest BCUT2D eigenvalue weighted by Crippen LogP contribution is 2.07. The second-order valence-electron chi connectivity index (χ2n) is 2.32. The van der Waals surface area contributed by atoms with Crippen LogP contribution in [0.4, 0.5) is 4.79 Å². The summed E-state index contributed by atoms with van der Waals surface area (Å²) in [6.07, 6.45) is -0.371. The van der Waals surface area contributed by atoms with Crippen LogP contribution in [0, 0.1) is 0 Å². The van der Waals surface area contributed by atoms with E-state index in [0.29, 0.717) is 0 Å². The molecule has 0 saturated carbocycles. The Bertz CT molecular complexity index is 131. The van der Waals surface area contributed by atoms with Gasteiger partial charge in [0.05, 0.1) is 0 Å². The number of aliphatic hydroxyl groups is 1. The van der Waals surface area contributed by atoms with Crippen molar-refractivity contribution < 1.29 is 14.6 Å². The number of carbonyl (C=O) groups is 1. The maximum absolute atomic E-state index is 10.8. The zero-order valence-electron chi connectivity index (χ0n) is 5.91. The number of carbonyl (C=O) groups excluding carboxylic acids is 1. The molecule has 1 atom stereocenters. The molecule has 10 heavy (non-hydrogen) atoms. The highest BCUT2D eigenvalue weighted by atomic mass is 16.6. The summed E-state index contributed by atoms with van der Waals surface area (Å²) in [7, 11) is 0. The van der Waals surface area contributed by atoms with Crippen LogP contribution in [-0.4, -0.2) is 35.5 Å². The fraction of sp³-hybridized carbons (Fsp3) is 0.833. The summed E-state index contributed by atoms with van der Waals surface area (Å²) in [4.78, 5) is 12.3. The van der Waals surface area contributed by atoms with Gasteiger partial charge < -0.3 is 14.7 Å². The first kappa shape index (κ1) is 7.34. The Morgan fingerprint density at radius 2 is 2.30 bits per heavy atom. The van der Waals surface area contributed by atoms with Crippen molar-refractivity contribution in [3.63, 3.8) is 0 Å². The molecular formula is C6H11NO3. The van der Waals surface area contributed by atoms with Crippen LogP contribution in [-0.2, 0) is 4.74 Å². The van der Waals surface area contributed by atoms with Gasteiger partial charge in [-0.25, -0.2) is 4.79 Å². The highest BCUT2D eigenvalue weighted by molar-refractivity contribution is 5.68. The summed E-state index contributed by atoms with van der Waals surface area (Å²) in [5, 5.41) is 8.62. The second kappa shape index (κ2) is 2.88. The Hall–Kier alpha value is -0.770. The predicted molar refractivity (Wildman–Crippen MR) is 34.4 cm³/mol. The van der Waals surface area contributed by atoms with Crippen LogP contribution in [0.5, 0.6) is 0 Å². The van der Waals surface area contributed by atoms with Gasteiger partial charge in [0.1, 0.15) is 0 Å². The quantitative estimate of drug-likeness (QED) is 0.535. The minimum absolute atomic E-state index is 0.416. The largest absolute Gasteiger partial charge is 0.420 e. The molecule has 0 unspecified atom stereocenters. The fourth-order valence-corrected chi connectivity index (χ4v) is 0.719. The average molecular weight is 145 g/mol. The topological polar surface area (TPSA) is 49.8 Å². The molecule has 1 rings (SSSR count). The zero-order valence-corrected chi connectivity index (χ0v) is 5.91. The normalized spacial score (nSPS) is 19.6. The first-order valence-electron chi connectivity index (χ1n) is 3.34. The lowest BCUT2D eigenvalue weighted by molar-refractivity contribution is -0.0560. The lowest BCUT2D eigenvalue weighted by Gasteiger charge is -2.30. The van der Waals surface area contributed by atoms with Gasteiger partial charge in [-0.3, -0.25) is 0 Å². The molecule has 1 fully saturated rings. The third kappa shape index (κ3) is 1.60. The molecule has 0 aromatic carbocycles. The van der Waals surface area contributed by atoms with Crippen LogP contribution < -0.4 is 0 Å². The minimum atomic E-state index is -0.993. The first-order chi connectivity index (χ1) is 4.70. The molecule has 1 N–H and O–H groups in total. The van der Waals surface area contributed by atoms with Crippen molar-refractivity contribution in [1.82, 2.24) is 4.90 Å². The third-order valence-corrected chi connectivity index (χ3v) is 1.39. The molecule has 0 aromatic heterocycles. The highest BCUT2D eigenvalue weighted by Gasteiger charge is 2.22. The van der Waals surface area contributed by atoms with Gasteiger partial charge >= 0.3 is 6.09 Å². The average Bonchev–Trinajstić information content (AvgIpc) is 1.55. The fourth-order valence-electron chi connectivity index (χ4n) is 0.719. The van der Waals surface area contributed by atoms with Crippen LogP contribution in [0.1, 0.15) is 13.3 Å². The lowest BCUT2D eigenvalue weighted by atomic mass is 10.2. The Labute approximate surface area is 59.4 Å². The molecule has 58 valence electrons. The van der Waals surface area contributed by atoms with Crippen molar-refractivity contribution in [2.75, 3.05) is 13.1 Å². The number of nitrogens with zero attached hydrogens (tertiary/aromatic N) is 1. The maximum atomic E-state index is 10.8. The van der Waals surface area contributed by atoms with E-state index in [4.69, 9.17) is 5.11 Å². The lowest BCUT2D eigenvalue weighted by Crippen LogP contribution is -2.43. The number of ether oxygens (including phenoxy) is 1. The standard InChI is InChI=1S/C6H11NO3/c1-5(8)10-6(9)7-3-2-4-7/h5,8H,2-4H2,1H3/t5-/m0/s1. The summed E-state index contributed by atoms with van der Waals surface area (Å²) in [5.74, 6) is 0. The molecule has 0 radical (unpaired) electrons. The van der Waals surface area contributed by atoms with E-state index >= 15 is 0 Å². The van der Waals surface area contributed by atoms with Crippen LogP contribution >= 0.6 is 0 Å². The summed E-state index contributed by atoms with van der Waals surface area (Å²) < 4.78 is 4.50. The molecule has 0 bridgehead atoms. The molecule has 1 amide bonds. The van der Waals surface area contributed by atoms with Gasteiger partial charge in [-0.15, -0.1) is 0 Å². The van der Waals surface area contributed by atoms with E-state index < -0.39 is 12.4 Å². The Kier molecular flexibility index (Phi) is 2.11. The van der Waals surface area contributed by atoms with Crippen molar-refractivity contribution in [3.8, 4) is 0 Å². The molecular weight excluding hydrogens is 134 g/mol. The SMILES string of the molecule is C[C@@H](O)OC(=O)N1CCC1. The molecule has 0 aromatic rings. The smallest absolute Gasteiger partial charge is 0.412 e. The van der Waals surface area contributed by atoms with Crippen molar-refractivity contribution in [2.24, 2.45) is 0 Å².